The first-order chi connectivity index (χ1) is 13.1. The van der Waals surface area contributed by atoms with E-state index in [-0.39, 0.29) is 19.8 Å². The van der Waals surface area contributed by atoms with Gasteiger partial charge in [0.1, 0.15) is 19.0 Å². The van der Waals surface area contributed by atoms with Crippen molar-refractivity contribution in [3.8, 4) is 5.75 Å². The molecule has 0 saturated carbocycles. The van der Waals surface area contributed by atoms with Gasteiger partial charge >= 0.3 is 12.1 Å². The monoisotopic (exact) mass is 369 g/mol. The summed E-state index contributed by atoms with van der Waals surface area (Å²) in [6.45, 7) is 3.84. The molecule has 1 atom stereocenters. The van der Waals surface area contributed by atoms with Crippen molar-refractivity contribution in [2.75, 3.05) is 20.3 Å². The van der Waals surface area contributed by atoms with Crippen LogP contribution in [0.2, 0.25) is 0 Å². The second kappa shape index (κ2) is 10.7. The van der Waals surface area contributed by atoms with Gasteiger partial charge in [-0.25, -0.2) is 4.79 Å². The van der Waals surface area contributed by atoms with Crippen LogP contribution in [0.4, 0.5) is 4.79 Å². The molecule has 0 aromatic heterocycles. The summed E-state index contributed by atoms with van der Waals surface area (Å²) in [7, 11) is 1.56. The smallest absolute Gasteiger partial charge is 0.407 e. The average molecular weight is 369 g/mol. The van der Waals surface area contributed by atoms with Crippen molar-refractivity contribution in [3.63, 3.8) is 0 Å². The van der Waals surface area contributed by atoms with Gasteiger partial charge in [-0.15, -0.1) is 0 Å². The zero-order chi connectivity index (χ0) is 19.5. The summed E-state index contributed by atoms with van der Waals surface area (Å²) < 4.78 is 15.4. The molecule has 0 spiro atoms. The molecule has 2 rings (SSSR count). The van der Waals surface area contributed by atoms with Crippen LogP contribution in [0, 0.1) is 0 Å². The summed E-state index contributed by atoms with van der Waals surface area (Å²) >= 11 is 0. The number of amides is 1. The minimum atomic E-state index is -0.667. The summed E-state index contributed by atoms with van der Waals surface area (Å²) in [6, 6.07) is 16.4. The van der Waals surface area contributed by atoms with E-state index in [0.29, 0.717) is 11.3 Å². The Morgan fingerprint density at radius 2 is 1.78 bits per heavy atom. The standard InChI is InChI=1S/C21H23NO5/c1-3-13-26-20(23)19(17-9-11-18(25-2)12-10-17)14-22-21(24)27-15-16-7-5-4-6-8-16/h3-12,19H,1,13-15H2,2H3,(H,22,24)/t19-/m0/s1. The van der Waals surface area contributed by atoms with E-state index in [0.717, 1.165) is 5.56 Å². The Kier molecular flexibility index (Phi) is 7.91. The third kappa shape index (κ3) is 6.51. The first kappa shape index (κ1) is 20.0. The maximum absolute atomic E-state index is 12.4. The molecule has 1 N–H and O–H groups in total. The first-order valence-electron chi connectivity index (χ1n) is 8.50. The van der Waals surface area contributed by atoms with E-state index >= 15 is 0 Å². The number of rotatable bonds is 9. The molecule has 6 heteroatoms. The highest BCUT2D eigenvalue weighted by atomic mass is 16.5. The number of benzene rings is 2. The van der Waals surface area contributed by atoms with Crippen LogP contribution in [0.5, 0.6) is 5.75 Å². The van der Waals surface area contributed by atoms with Crippen molar-refractivity contribution in [2.45, 2.75) is 12.5 Å². The predicted octanol–water partition coefficient (Wildman–Crippen LogP) is 3.43. The molecule has 0 saturated heterocycles. The van der Waals surface area contributed by atoms with Crippen molar-refractivity contribution in [2.24, 2.45) is 0 Å². The Morgan fingerprint density at radius 1 is 1.07 bits per heavy atom. The molecule has 2 aromatic rings. The number of carbonyl (C=O) groups is 2. The van der Waals surface area contributed by atoms with Gasteiger partial charge in [0.15, 0.2) is 0 Å². The average Bonchev–Trinajstić information content (AvgIpc) is 2.72. The van der Waals surface area contributed by atoms with Crippen LogP contribution in [0.25, 0.3) is 0 Å². The molecule has 2 aromatic carbocycles. The summed E-state index contributed by atoms with van der Waals surface area (Å²) in [5.41, 5.74) is 1.58. The third-order valence-corrected chi connectivity index (χ3v) is 3.81. The van der Waals surface area contributed by atoms with Gasteiger partial charge in [-0.2, -0.15) is 0 Å². The molecule has 0 unspecified atom stereocenters. The number of alkyl carbamates (subject to hydrolysis) is 1. The molecular weight excluding hydrogens is 346 g/mol. The zero-order valence-electron chi connectivity index (χ0n) is 15.2. The normalized spacial score (nSPS) is 11.1. The second-order valence-corrected chi connectivity index (χ2v) is 5.69. The fourth-order valence-electron chi connectivity index (χ4n) is 2.37. The molecule has 0 aliphatic carbocycles. The van der Waals surface area contributed by atoms with Gasteiger partial charge in [0, 0.05) is 6.54 Å². The number of carbonyl (C=O) groups excluding carboxylic acids is 2. The molecule has 0 radical (unpaired) electrons. The number of esters is 1. The Hall–Kier alpha value is -3.28. The van der Waals surface area contributed by atoms with Gasteiger partial charge in [-0.3, -0.25) is 4.79 Å². The first-order valence-corrected chi connectivity index (χ1v) is 8.50. The Balaban J connectivity index is 1.96. The zero-order valence-corrected chi connectivity index (χ0v) is 15.2. The Bertz CT molecular complexity index is 743. The molecule has 6 nitrogen and oxygen atoms in total. The molecule has 27 heavy (non-hydrogen) atoms. The van der Waals surface area contributed by atoms with Crippen LogP contribution in [-0.2, 0) is 20.9 Å². The number of hydrogen-bond acceptors (Lipinski definition) is 5. The Labute approximate surface area is 158 Å². The molecule has 0 fully saturated rings. The highest BCUT2D eigenvalue weighted by molar-refractivity contribution is 5.79. The van der Waals surface area contributed by atoms with Crippen LogP contribution in [-0.4, -0.2) is 32.3 Å². The quantitative estimate of drug-likeness (QED) is 0.541. The van der Waals surface area contributed by atoms with E-state index in [9.17, 15) is 9.59 Å². The van der Waals surface area contributed by atoms with Gasteiger partial charge in [0.2, 0.25) is 0 Å². The maximum atomic E-state index is 12.4. The van der Waals surface area contributed by atoms with Crippen molar-refractivity contribution in [3.05, 3.63) is 78.4 Å². The fraction of sp³-hybridized carbons (Fsp3) is 0.238. The van der Waals surface area contributed by atoms with E-state index in [2.05, 4.69) is 11.9 Å². The summed E-state index contributed by atoms with van der Waals surface area (Å²) in [6.07, 6.45) is 0.888. The lowest BCUT2D eigenvalue weighted by Crippen LogP contribution is -2.33. The topological polar surface area (TPSA) is 73.9 Å². The minimum absolute atomic E-state index is 0.0515. The number of ether oxygens (including phenoxy) is 3. The van der Waals surface area contributed by atoms with Gasteiger partial charge < -0.3 is 19.5 Å². The van der Waals surface area contributed by atoms with Crippen LogP contribution < -0.4 is 10.1 Å². The van der Waals surface area contributed by atoms with E-state index < -0.39 is 18.0 Å². The summed E-state index contributed by atoms with van der Waals surface area (Å²) in [5.74, 6) is -0.448. The van der Waals surface area contributed by atoms with Crippen LogP contribution in [0.15, 0.2) is 67.3 Å². The molecule has 0 aliphatic heterocycles. The van der Waals surface area contributed by atoms with Crippen molar-refractivity contribution < 1.29 is 23.8 Å². The fourth-order valence-corrected chi connectivity index (χ4v) is 2.37. The van der Waals surface area contributed by atoms with Crippen molar-refractivity contribution in [1.29, 1.82) is 0 Å². The van der Waals surface area contributed by atoms with E-state index in [4.69, 9.17) is 14.2 Å². The highest BCUT2D eigenvalue weighted by Gasteiger charge is 2.23. The largest absolute Gasteiger partial charge is 0.497 e. The SMILES string of the molecule is C=CCOC(=O)[C@@H](CNC(=O)OCc1ccccc1)c1ccc(OC)cc1. The Morgan fingerprint density at radius 3 is 2.41 bits per heavy atom. The molecule has 1 amide bonds. The molecule has 142 valence electrons. The summed E-state index contributed by atoms with van der Waals surface area (Å²) in [4.78, 5) is 24.3. The minimum Gasteiger partial charge on any atom is -0.497 e. The third-order valence-electron chi connectivity index (χ3n) is 3.81. The lowest BCUT2D eigenvalue weighted by molar-refractivity contribution is -0.144. The van der Waals surface area contributed by atoms with E-state index in [1.807, 2.05) is 30.3 Å². The maximum Gasteiger partial charge on any atom is 0.407 e. The lowest BCUT2D eigenvalue weighted by Gasteiger charge is -2.17. The number of hydrogen-bond donors (Lipinski definition) is 1. The lowest BCUT2D eigenvalue weighted by atomic mass is 9.99. The second-order valence-electron chi connectivity index (χ2n) is 5.69. The molecular formula is C21H23NO5. The van der Waals surface area contributed by atoms with E-state index in [1.54, 1.807) is 31.4 Å². The van der Waals surface area contributed by atoms with Crippen LogP contribution >= 0.6 is 0 Å². The van der Waals surface area contributed by atoms with Crippen LogP contribution in [0.1, 0.15) is 17.0 Å². The van der Waals surface area contributed by atoms with Crippen molar-refractivity contribution in [1.82, 2.24) is 5.32 Å². The van der Waals surface area contributed by atoms with Gasteiger partial charge in [0.05, 0.1) is 13.0 Å². The van der Waals surface area contributed by atoms with Crippen molar-refractivity contribution >= 4 is 12.1 Å². The molecule has 0 aliphatic rings. The molecule has 0 bridgehead atoms. The van der Waals surface area contributed by atoms with Crippen LogP contribution in [0.3, 0.4) is 0 Å². The number of methoxy groups -OCH3 is 1. The highest BCUT2D eigenvalue weighted by Crippen LogP contribution is 2.20. The number of nitrogens with one attached hydrogen (secondary N) is 1. The summed E-state index contributed by atoms with van der Waals surface area (Å²) in [5, 5.41) is 2.62. The van der Waals surface area contributed by atoms with Gasteiger partial charge in [0.25, 0.3) is 0 Å². The predicted molar refractivity (Wildman–Crippen MR) is 102 cm³/mol. The molecule has 0 heterocycles. The van der Waals surface area contributed by atoms with E-state index in [1.165, 1.54) is 6.08 Å². The van der Waals surface area contributed by atoms with Gasteiger partial charge in [-0.05, 0) is 23.3 Å². The van der Waals surface area contributed by atoms with Gasteiger partial charge in [-0.1, -0.05) is 55.1 Å².